The van der Waals surface area contributed by atoms with Gasteiger partial charge in [0.25, 0.3) is 10.1 Å². The zero-order valence-corrected chi connectivity index (χ0v) is 7.50. The summed E-state index contributed by atoms with van der Waals surface area (Å²) >= 11 is 0. The van der Waals surface area contributed by atoms with Crippen molar-refractivity contribution in [1.82, 2.24) is 0 Å². The molecule has 1 unspecified atom stereocenters. The van der Waals surface area contributed by atoms with Crippen LogP contribution in [-0.2, 0) is 19.1 Å². The molecule has 0 aromatic heterocycles. The number of allylic oxidation sites excluding steroid dienone is 1. The molecule has 0 aliphatic heterocycles. The topological polar surface area (TPSA) is 86.5 Å². The molecule has 0 aliphatic rings. The van der Waals surface area contributed by atoms with Gasteiger partial charge in [-0.2, -0.15) is 8.42 Å². The Morgan fingerprint density at radius 3 is 2.46 bits per heavy atom. The maximum absolute atomic E-state index is 10.9. The first kappa shape index (κ1) is 15.7. The van der Waals surface area contributed by atoms with Gasteiger partial charge < -0.3 is 5.73 Å². The van der Waals surface area contributed by atoms with Crippen LogP contribution in [0.3, 0.4) is 0 Å². The average molecular weight is 217 g/mol. The Morgan fingerprint density at radius 1 is 1.69 bits per heavy atom. The molecule has 0 heterocycles. The summed E-state index contributed by atoms with van der Waals surface area (Å²) in [7, 11) is -3.96. The summed E-state index contributed by atoms with van der Waals surface area (Å²) < 4.78 is 26.3. The van der Waals surface area contributed by atoms with E-state index in [1.807, 2.05) is 0 Å². The molecule has 0 bridgehead atoms. The van der Waals surface area contributed by atoms with Crippen LogP contribution in [0.2, 0.25) is 0 Å². The van der Waals surface area contributed by atoms with Gasteiger partial charge in [0.1, 0.15) is 4.91 Å². The number of aldehydes is 1. The Balaban J connectivity index is 0. The zero-order chi connectivity index (χ0) is 9.78. The van der Waals surface area contributed by atoms with E-state index >= 15 is 0 Å². The molecule has 5 nitrogen and oxygen atoms in total. The summed E-state index contributed by atoms with van der Waals surface area (Å²) in [4.78, 5) is 9.44. The minimum absolute atomic E-state index is 0. The molecule has 0 fully saturated rings. The average Bonchev–Trinajstić information content (AvgIpc) is 2.02. The number of carbonyl (C=O) groups is 1. The molecule has 72 valence electrons. The Kier molecular flexibility index (Phi) is 8.10. The van der Waals surface area contributed by atoms with Gasteiger partial charge in [-0.3, -0.25) is 8.98 Å². The fraction of sp³-hybridized carbons (Fsp3) is 0.500. The maximum atomic E-state index is 10.9. The van der Waals surface area contributed by atoms with E-state index in [1.165, 1.54) is 6.92 Å². The molecule has 1 atom stereocenters. The van der Waals surface area contributed by atoms with E-state index in [0.29, 0.717) is 0 Å². The van der Waals surface area contributed by atoms with Gasteiger partial charge >= 0.3 is 29.6 Å². The summed E-state index contributed by atoms with van der Waals surface area (Å²) in [6.45, 7) is 4.55. The molecule has 2 N–H and O–H groups in total. The first-order chi connectivity index (χ1) is 5.44. The second-order valence-corrected chi connectivity index (χ2v) is 3.81. The minimum atomic E-state index is -3.96. The van der Waals surface area contributed by atoms with Gasteiger partial charge in [0.2, 0.25) is 0 Å². The Bertz CT molecular complexity index is 274. The van der Waals surface area contributed by atoms with Gasteiger partial charge in [0.05, 0.1) is 6.10 Å². The van der Waals surface area contributed by atoms with E-state index < -0.39 is 21.1 Å². The first-order valence-electron chi connectivity index (χ1n) is 3.21. The zero-order valence-electron chi connectivity index (χ0n) is 6.69. The van der Waals surface area contributed by atoms with Crippen LogP contribution >= 0.6 is 0 Å². The summed E-state index contributed by atoms with van der Waals surface area (Å²) in [5.74, 6) is 0. The van der Waals surface area contributed by atoms with Gasteiger partial charge in [-0.05, 0) is 6.92 Å². The molecule has 0 spiro atoms. The second kappa shape index (κ2) is 6.69. The van der Waals surface area contributed by atoms with Crippen molar-refractivity contribution in [3.8, 4) is 0 Å². The van der Waals surface area contributed by atoms with Gasteiger partial charge in [-0.1, -0.05) is 6.58 Å². The molecule has 0 rings (SSSR count). The van der Waals surface area contributed by atoms with Crippen LogP contribution in [0.4, 0.5) is 0 Å². The van der Waals surface area contributed by atoms with E-state index in [9.17, 15) is 13.2 Å². The van der Waals surface area contributed by atoms with Crippen LogP contribution in [-0.4, -0.2) is 56.9 Å². The molecule has 0 saturated heterocycles. The van der Waals surface area contributed by atoms with Crippen LogP contribution in [0, 0.1) is 0 Å². The van der Waals surface area contributed by atoms with E-state index in [2.05, 4.69) is 10.8 Å². The van der Waals surface area contributed by atoms with Gasteiger partial charge in [0.15, 0.2) is 6.29 Å². The van der Waals surface area contributed by atoms with Gasteiger partial charge in [0, 0.05) is 6.54 Å². The fourth-order valence-electron chi connectivity index (χ4n) is 0.376. The molecule has 0 aromatic carbocycles. The monoisotopic (exact) mass is 217 g/mol. The quantitative estimate of drug-likeness (QED) is 0.269. The SMILES string of the molecule is C=C(C=O)S(=O)(=O)OC(C)CN.[NaH]. The van der Waals surface area contributed by atoms with Crippen LogP contribution in [0.25, 0.3) is 0 Å². The van der Waals surface area contributed by atoms with E-state index in [1.54, 1.807) is 0 Å². The summed E-state index contributed by atoms with van der Waals surface area (Å²) in [5.41, 5.74) is 5.11. The predicted molar refractivity (Wildman–Crippen MR) is 50.9 cm³/mol. The van der Waals surface area contributed by atoms with E-state index in [-0.39, 0.29) is 42.4 Å². The van der Waals surface area contributed by atoms with E-state index in [4.69, 9.17) is 5.73 Å². The van der Waals surface area contributed by atoms with E-state index in [0.717, 1.165) is 0 Å². The number of rotatable bonds is 5. The molecule has 0 aromatic rings. The summed E-state index contributed by atoms with van der Waals surface area (Å²) in [6.07, 6.45) is -0.523. The Labute approximate surface area is 99.7 Å². The van der Waals surface area contributed by atoms with Crippen molar-refractivity contribution in [2.45, 2.75) is 13.0 Å². The fourth-order valence-corrected chi connectivity index (χ4v) is 1.13. The molecule has 0 aliphatic carbocycles. The van der Waals surface area contributed by atoms with Crippen molar-refractivity contribution < 1.29 is 17.4 Å². The Hall–Kier alpha value is 0.280. The van der Waals surface area contributed by atoms with Crippen LogP contribution in [0.15, 0.2) is 11.5 Å². The normalized spacial score (nSPS) is 12.8. The third kappa shape index (κ3) is 5.56. The molecular weight excluding hydrogens is 205 g/mol. The van der Waals surface area contributed by atoms with Crippen LogP contribution in [0.5, 0.6) is 0 Å². The molecule has 7 heteroatoms. The Morgan fingerprint density at radius 2 is 2.15 bits per heavy atom. The third-order valence-electron chi connectivity index (χ3n) is 1.08. The molecular formula is C6H12NNaO4S. The van der Waals surface area contributed by atoms with Crippen molar-refractivity contribution in [2.24, 2.45) is 5.73 Å². The molecule has 0 amide bonds. The van der Waals surface area contributed by atoms with Crippen molar-refractivity contribution in [2.75, 3.05) is 6.54 Å². The van der Waals surface area contributed by atoms with Crippen molar-refractivity contribution >= 4 is 46.0 Å². The summed E-state index contributed by atoms with van der Waals surface area (Å²) in [5, 5.41) is 0. The van der Waals surface area contributed by atoms with Crippen molar-refractivity contribution in [3.63, 3.8) is 0 Å². The standard InChI is InChI=1S/C6H11NO4S.Na.H/c1-5(3-7)11-12(9,10)6(2)4-8;;/h4-5H,2-3,7H2,1H3;;. The molecule has 0 saturated carbocycles. The molecule has 0 radical (unpaired) electrons. The van der Waals surface area contributed by atoms with Crippen LogP contribution in [0.1, 0.15) is 6.92 Å². The number of carbonyl (C=O) groups excluding carboxylic acids is 1. The first-order valence-corrected chi connectivity index (χ1v) is 4.62. The molecule has 13 heavy (non-hydrogen) atoms. The second-order valence-electron chi connectivity index (χ2n) is 2.18. The van der Waals surface area contributed by atoms with Gasteiger partial charge in [-0.25, -0.2) is 0 Å². The summed E-state index contributed by atoms with van der Waals surface area (Å²) in [6, 6.07) is 0. The number of hydrogen-bond donors (Lipinski definition) is 1. The number of hydrogen-bond acceptors (Lipinski definition) is 5. The van der Waals surface area contributed by atoms with Crippen LogP contribution < -0.4 is 5.73 Å². The predicted octanol–water partition coefficient (Wildman–Crippen LogP) is -1.26. The van der Waals surface area contributed by atoms with Gasteiger partial charge in [-0.15, -0.1) is 0 Å². The van der Waals surface area contributed by atoms with Crippen molar-refractivity contribution in [1.29, 1.82) is 0 Å². The van der Waals surface area contributed by atoms with Crippen molar-refractivity contribution in [3.05, 3.63) is 11.5 Å². The third-order valence-corrected chi connectivity index (χ3v) is 2.40. The number of nitrogens with two attached hydrogens (primary N) is 1.